The van der Waals surface area contributed by atoms with Gasteiger partial charge in [0.25, 0.3) is 0 Å². The van der Waals surface area contributed by atoms with Gasteiger partial charge in [0.1, 0.15) is 0 Å². The maximum absolute atomic E-state index is 12.3. The highest BCUT2D eigenvalue weighted by molar-refractivity contribution is 5.78. The Balaban J connectivity index is 1.73. The van der Waals surface area contributed by atoms with Gasteiger partial charge < -0.3 is 15.8 Å². The zero-order chi connectivity index (χ0) is 15.2. The summed E-state index contributed by atoms with van der Waals surface area (Å²) in [6.45, 7) is 8.55. The quantitative estimate of drug-likeness (QED) is 0.794. The molecule has 5 heteroatoms. The van der Waals surface area contributed by atoms with E-state index in [9.17, 15) is 4.79 Å². The van der Waals surface area contributed by atoms with Crippen LogP contribution in [-0.4, -0.2) is 55.7 Å². The summed E-state index contributed by atoms with van der Waals surface area (Å²) < 4.78 is 5.73. The van der Waals surface area contributed by atoms with Gasteiger partial charge in [0.2, 0.25) is 5.91 Å². The summed E-state index contributed by atoms with van der Waals surface area (Å²) in [5, 5.41) is 3.08. The van der Waals surface area contributed by atoms with Crippen LogP contribution in [0.2, 0.25) is 0 Å². The molecule has 0 aromatic carbocycles. The van der Waals surface area contributed by atoms with E-state index in [1.165, 1.54) is 0 Å². The highest BCUT2D eigenvalue weighted by Crippen LogP contribution is 2.29. The van der Waals surface area contributed by atoms with Gasteiger partial charge in [-0.3, -0.25) is 9.69 Å². The van der Waals surface area contributed by atoms with Gasteiger partial charge >= 0.3 is 0 Å². The van der Waals surface area contributed by atoms with Crippen molar-refractivity contribution in [2.75, 3.05) is 32.8 Å². The summed E-state index contributed by atoms with van der Waals surface area (Å²) in [4.78, 5) is 14.7. The van der Waals surface area contributed by atoms with Crippen molar-refractivity contribution in [2.45, 2.75) is 51.7 Å². The Morgan fingerprint density at radius 3 is 3.00 bits per heavy atom. The molecule has 0 bridgehead atoms. The van der Waals surface area contributed by atoms with Crippen molar-refractivity contribution in [2.24, 2.45) is 17.6 Å². The molecule has 2 fully saturated rings. The van der Waals surface area contributed by atoms with Crippen LogP contribution in [0.25, 0.3) is 0 Å². The van der Waals surface area contributed by atoms with Crippen LogP contribution < -0.4 is 11.1 Å². The molecule has 1 aliphatic heterocycles. The normalized spacial score (nSPS) is 32.6. The Labute approximate surface area is 128 Å². The van der Waals surface area contributed by atoms with E-state index in [1.54, 1.807) is 0 Å². The molecular formula is C16H31N3O2. The molecule has 0 aromatic heterocycles. The van der Waals surface area contributed by atoms with Crippen LogP contribution in [0.15, 0.2) is 0 Å². The third kappa shape index (κ3) is 4.94. The Bertz CT molecular complexity index is 337. The number of nitrogens with one attached hydrogen (secondary N) is 1. The lowest BCUT2D eigenvalue weighted by molar-refractivity contribution is -0.127. The molecule has 4 atom stereocenters. The van der Waals surface area contributed by atoms with Gasteiger partial charge in [-0.2, -0.15) is 0 Å². The van der Waals surface area contributed by atoms with Crippen LogP contribution in [0, 0.1) is 11.8 Å². The molecule has 122 valence electrons. The Morgan fingerprint density at radius 2 is 2.29 bits per heavy atom. The van der Waals surface area contributed by atoms with E-state index in [4.69, 9.17) is 10.5 Å². The van der Waals surface area contributed by atoms with Crippen LogP contribution in [0.5, 0.6) is 0 Å². The molecule has 1 saturated carbocycles. The van der Waals surface area contributed by atoms with Gasteiger partial charge in [0.05, 0.1) is 12.7 Å². The predicted octanol–water partition coefficient (Wildman–Crippen LogP) is 0.977. The summed E-state index contributed by atoms with van der Waals surface area (Å²) >= 11 is 0. The molecule has 4 unspecified atom stereocenters. The van der Waals surface area contributed by atoms with Crippen LogP contribution in [0.1, 0.15) is 39.5 Å². The van der Waals surface area contributed by atoms with E-state index in [-0.39, 0.29) is 24.0 Å². The largest absolute Gasteiger partial charge is 0.374 e. The molecule has 0 radical (unpaired) electrons. The lowest BCUT2D eigenvalue weighted by Crippen LogP contribution is -2.48. The minimum Gasteiger partial charge on any atom is -0.374 e. The van der Waals surface area contributed by atoms with Gasteiger partial charge in [0.15, 0.2) is 0 Å². The molecular weight excluding hydrogens is 266 g/mol. The van der Waals surface area contributed by atoms with Gasteiger partial charge in [0, 0.05) is 31.6 Å². The maximum Gasteiger partial charge on any atom is 0.223 e. The van der Waals surface area contributed by atoms with E-state index in [0.29, 0.717) is 12.5 Å². The summed E-state index contributed by atoms with van der Waals surface area (Å²) in [5.74, 6) is 0.654. The summed E-state index contributed by atoms with van der Waals surface area (Å²) in [5.41, 5.74) is 6.03. The molecule has 1 aliphatic carbocycles. The smallest absolute Gasteiger partial charge is 0.223 e. The van der Waals surface area contributed by atoms with Gasteiger partial charge in [-0.15, -0.1) is 0 Å². The fourth-order valence-corrected chi connectivity index (χ4v) is 3.50. The van der Waals surface area contributed by atoms with Crippen molar-refractivity contribution in [3.05, 3.63) is 0 Å². The fourth-order valence-electron chi connectivity index (χ4n) is 3.50. The topological polar surface area (TPSA) is 67.6 Å². The summed E-state index contributed by atoms with van der Waals surface area (Å²) in [6, 6.07) is 0.277. The number of nitrogens with two attached hydrogens (primary N) is 1. The van der Waals surface area contributed by atoms with E-state index in [0.717, 1.165) is 51.9 Å². The number of likely N-dealkylation sites (N-methyl/N-ethyl adjacent to an activating group) is 1. The number of amides is 1. The molecule has 0 spiro atoms. The first-order valence-corrected chi connectivity index (χ1v) is 8.47. The van der Waals surface area contributed by atoms with Gasteiger partial charge in [-0.05, 0) is 31.7 Å². The maximum atomic E-state index is 12.3. The summed E-state index contributed by atoms with van der Waals surface area (Å²) in [6.07, 6.45) is 4.50. The first-order chi connectivity index (χ1) is 10.1. The highest BCUT2D eigenvalue weighted by Gasteiger charge is 2.29. The monoisotopic (exact) mass is 297 g/mol. The molecule has 2 aliphatic rings. The lowest BCUT2D eigenvalue weighted by Gasteiger charge is -2.33. The SMILES string of the molecule is CCN1CCOC(CNC(=O)C(C)C2CCCC(N)C2)C1. The fraction of sp³-hybridized carbons (Fsp3) is 0.938. The van der Waals surface area contributed by atoms with Crippen LogP contribution in [0.4, 0.5) is 0 Å². The molecule has 21 heavy (non-hydrogen) atoms. The summed E-state index contributed by atoms with van der Waals surface area (Å²) in [7, 11) is 0. The van der Waals surface area contributed by atoms with Crippen molar-refractivity contribution in [3.63, 3.8) is 0 Å². The van der Waals surface area contributed by atoms with Crippen LogP contribution >= 0.6 is 0 Å². The van der Waals surface area contributed by atoms with Gasteiger partial charge in [-0.25, -0.2) is 0 Å². The Hall–Kier alpha value is -0.650. The third-order valence-electron chi connectivity index (χ3n) is 5.05. The number of morpholine rings is 1. The first kappa shape index (κ1) is 16.7. The number of carbonyl (C=O) groups is 1. The second-order valence-electron chi connectivity index (χ2n) is 6.61. The zero-order valence-corrected chi connectivity index (χ0v) is 13.5. The molecule has 1 saturated heterocycles. The Kier molecular flexibility index (Phi) is 6.45. The van der Waals surface area contributed by atoms with E-state index in [2.05, 4.69) is 17.1 Å². The van der Waals surface area contributed by atoms with Crippen molar-refractivity contribution in [1.29, 1.82) is 0 Å². The number of nitrogens with zero attached hydrogens (tertiary/aromatic N) is 1. The first-order valence-electron chi connectivity index (χ1n) is 8.47. The molecule has 3 N–H and O–H groups in total. The minimum atomic E-state index is 0.0576. The highest BCUT2D eigenvalue weighted by atomic mass is 16.5. The number of rotatable bonds is 5. The lowest BCUT2D eigenvalue weighted by atomic mass is 9.78. The van der Waals surface area contributed by atoms with E-state index in [1.807, 2.05) is 6.92 Å². The average Bonchev–Trinajstić information content (AvgIpc) is 2.52. The molecule has 5 nitrogen and oxygen atoms in total. The zero-order valence-electron chi connectivity index (χ0n) is 13.5. The average molecular weight is 297 g/mol. The third-order valence-corrected chi connectivity index (χ3v) is 5.05. The van der Waals surface area contributed by atoms with Crippen molar-refractivity contribution in [3.8, 4) is 0 Å². The van der Waals surface area contributed by atoms with Crippen LogP contribution in [-0.2, 0) is 9.53 Å². The number of hydrogen-bond acceptors (Lipinski definition) is 4. The molecule has 1 amide bonds. The molecule has 0 aromatic rings. The van der Waals surface area contributed by atoms with Crippen molar-refractivity contribution in [1.82, 2.24) is 10.2 Å². The van der Waals surface area contributed by atoms with E-state index < -0.39 is 0 Å². The molecule has 2 rings (SSSR count). The van der Waals surface area contributed by atoms with E-state index >= 15 is 0 Å². The number of hydrogen-bond donors (Lipinski definition) is 2. The second kappa shape index (κ2) is 8.11. The minimum absolute atomic E-state index is 0.0576. The van der Waals surface area contributed by atoms with Crippen molar-refractivity contribution >= 4 is 5.91 Å². The Morgan fingerprint density at radius 1 is 1.48 bits per heavy atom. The van der Waals surface area contributed by atoms with Crippen LogP contribution in [0.3, 0.4) is 0 Å². The predicted molar refractivity (Wildman–Crippen MR) is 84.0 cm³/mol. The second-order valence-corrected chi connectivity index (χ2v) is 6.61. The van der Waals surface area contributed by atoms with Crippen molar-refractivity contribution < 1.29 is 9.53 Å². The molecule has 1 heterocycles. The van der Waals surface area contributed by atoms with Gasteiger partial charge in [-0.1, -0.05) is 20.3 Å². The number of ether oxygens (including phenoxy) is 1. The number of carbonyl (C=O) groups excluding carboxylic acids is 1. The standard InChI is InChI=1S/C16H31N3O2/c1-3-19-7-8-21-15(11-19)10-18-16(20)12(2)13-5-4-6-14(17)9-13/h12-15H,3-11,17H2,1-2H3,(H,18,20).